The maximum Gasteiger partial charge on any atom is 0.309 e. The van der Waals surface area contributed by atoms with E-state index < -0.39 is 42.1 Å². The van der Waals surface area contributed by atoms with Crippen molar-refractivity contribution in [2.24, 2.45) is 10.7 Å². The summed E-state index contributed by atoms with van der Waals surface area (Å²) in [4.78, 5) is 4.01. The number of nitrogens with zero attached hydrogens (tertiary/aromatic N) is 1. The second-order valence-corrected chi connectivity index (χ2v) is 5.37. The minimum Gasteiger partial charge on any atom is -0.453 e. The lowest BCUT2D eigenvalue weighted by Crippen LogP contribution is -2.54. The van der Waals surface area contributed by atoms with Crippen LogP contribution in [0.15, 0.2) is 23.2 Å². The van der Waals surface area contributed by atoms with Crippen LogP contribution in [0.4, 0.5) is 18.9 Å². The summed E-state index contributed by atoms with van der Waals surface area (Å²) in [6, 6.07) is 3.44. The normalized spacial score (nSPS) is 34.0. The second kappa shape index (κ2) is 4.27. The van der Waals surface area contributed by atoms with Crippen LogP contribution >= 0.6 is 0 Å². The smallest absolute Gasteiger partial charge is 0.309 e. The van der Waals surface area contributed by atoms with Crippen LogP contribution in [0.25, 0.3) is 0 Å². The first-order valence-corrected chi connectivity index (χ1v) is 6.31. The Bertz CT molecular complexity index is 623. The van der Waals surface area contributed by atoms with E-state index in [-0.39, 0.29) is 11.3 Å². The number of anilines is 1. The molecule has 1 aromatic carbocycles. The van der Waals surface area contributed by atoms with Crippen LogP contribution in [0.3, 0.4) is 0 Å². The van der Waals surface area contributed by atoms with Crippen LogP contribution in [0.2, 0.25) is 0 Å². The quantitative estimate of drug-likeness (QED) is 0.768. The van der Waals surface area contributed by atoms with Gasteiger partial charge in [-0.25, -0.2) is 9.38 Å². The van der Waals surface area contributed by atoms with E-state index in [2.05, 4.69) is 4.99 Å². The van der Waals surface area contributed by atoms with Crippen molar-refractivity contribution < 1.29 is 22.6 Å². The zero-order valence-corrected chi connectivity index (χ0v) is 11.1. The molecule has 0 unspecified atom stereocenters. The van der Waals surface area contributed by atoms with Gasteiger partial charge in [0.05, 0.1) is 0 Å². The molecular weight excluding hydrogens is 287 g/mol. The van der Waals surface area contributed by atoms with Gasteiger partial charge in [-0.1, -0.05) is 0 Å². The number of fused-ring (bicyclic) bond motifs is 1. The summed E-state index contributed by atoms with van der Waals surface area (Å²) in [6.45, 7) is 0.643. The molecule has 1 fully saturated rings. The van der Waals surface area contributed by atoms with Crippen molar-refractivity contribution in [3.8, 4) is 0 Å². The summed E-state index contributed by atoms with van der Waals surface area (Å²) in [7, 11) is 0. The number of hydrogen-bond acceptors (Lipinski definition) is 5. The number of nitrogens with two attached hydrogens (primary N) is 2. The van der Waals surface area contributed by atoms with Crippen molar-refractivity contribution in [1.82, 2.24) is 0 Å². The first-order chi connectivity index (χ1) is 9.74. The van der Waals surface area contributed by atoms with Gasteiger partial charge in [-0.2, -0.15) is 8.78 Å². The van der Waals surface area contributed by atoms with Gasteiger partial charge < -0.3 is 20.9 Å². The standard InChI is InChI=1S/C13H14F3N3O2/c1-12(7-4-6(17)2-3-8(7)14)9-10(21-11(18)19-12)13(15,16)5-20-9/h2-4,9-10H,5,17H2,1H3,(H2,18,19)/t9-,10-,12+/m0/s1. The Morgan fingerprint density at radius 2 is 2.00 bits per heavy atom. The Morgan fingerprint density at radius 3 is 2.71 bits per heavy atom. The number of aliphatic imine (C=N–C) groups is 1. The Labute approximate surface area is 118 Å². The molecule has 21 heavy (non-hydrogen) atoms. The van der Waals surface area contributed by atoms with Gasteiger partial charge in [0.2, 0.25) is 0 Å². The minimum atomic E-state index is -3.22. The maximum absolute atomic E-state index is 14.1. The van der Waals surface area contributed by atoms with E-state index in [0.717, 1.165) is 6.07 Å². The zero-order valence-electron chi connectivity index (χ0n) is 11.1. The Balaban J connectivity index is 2.14. The Kier molecular flexibility index (Phi) is 2.84. The van der Waals surface area contributed by atoms with E-state index >= 15 is 0 Å². The number of amidine groups is 1. The third kappa shape index (κ3) is 2.01. The Hall–Kier alpha value is -1.96. The predicted molar refractivity (Wildman–Crippen MR) is 69.3 cm³/mol. The number of rotatable bonds is 1. The highest BCUT2D eigenvalue weighted by Gasteiger charge is 2.62. The fourth-order valence-electron chi connectivity index (χ4n) is 2.79. The monoisotopic (exact) mass is 301 g/mol. The van der Waals surface area contributed by atoms with E-state index in [9.17, 15) is 13.2 Å². The molecule has 0 aromatic heterocycles. The number of nitrogen functional groups attached to an aromatic ring is 1. The van der Waals surface area contributed by atoms with Gasteiger partial charge >= 0.3 is 5.92 Å². The van der Waals surface area contributed by atoms with Crippen molar-refractivity contribution in [3.63, 3.8) is 0 Å². The third-order valence-corrected chi connectivity index (χ3v) is 3.83. The molecule has 114 valence electrons. The lowest BCUT2D eigenvalue weighted by Gasteiger charge is -2.39. The van der Waals surface area contributed by atoms with Crippen molar-refractivity contribution in [3.05, 3.63) is 29.6 Å². The van der Waals surface area contributed by atoms with Gasteiger partial charge in [0, 0.05) is 11.3 Å². The fraction of sp³-hybridized carbons (Fsp3) is 0.462. The maximum atomic E-state index is 14.1. The van der Waals surface area contributed by atoms with Crippen molar-refractivity contribution in [2.45, 2.75) is 30.6 Å². The fourth-order valence-corrected chi connectivity index (χ4v) is 2.79. The highest BCUT2D eigenvalue weighted by atomic mass is 19.3. The molecule has 4 N–H and O–H groups in total. The van der Waals surface area contributed by atoms with Gasteiger partial charge in [0.1, 0.15) is 24.1 Å². The summed E-state index contributed by atoms with van der Waals surface area (Å²) < 4.78 is 51.8. The molecule has 8 heteroatoms. The summed E-state index contributed by atoms with van der Waals surface area (Å²) in [6.07, 6.45) is -2.77. The van der Waals surface area contributed by atoms with Crippen LogP contribution in [-0.2, 0) is 15.0 Å². The van der Waals surface area contributed by atoms with E-state index in [1.165, 1.54) is 19.1 Å². The first kappa shape index (κ1) is 14.0. The van der Waals surface area contributed by atoms with Crippen molar-refractivity contribution >= 4 is 11.7 Å². The van der Waals surface area contributed by atoms with Crippen LogP contribution in [0.1, 0.15) is 12.5 Å². The van der Waals surface area contributed by atoms with Crippen molar-refractivity contribution in [2.75, 3.05) is 12.3 Å². The molecule has 2 heterocycles. The van der Waals surface area contributed by atoms with Crippen LogP contribution in [-0.4, -0.2) is 30.8 Å². The summed E-state index contributed by atoms with van der Waals surface area (Å²) in [5.74, 6) is -3.84. The first-order valence-electron chi connectivity index (χ1n) is 6.31. The molecule has 1 saturated heterocycles. The highest BCUT2D eigenvalue weighted by molar-refractivity contribution is 5.74. The van der Waals surface area contributed by atoms with Gasteiger partial charge in [0.25, 0.3) is 6.02 Å². The van der Waals surface area contributed by atoms with Crippen LogP contribution in [0.5, 0.6) is 0 Å². The number of halogens is 3. The van der Waals surface area contributed by atoms with Gasteiger partial charge in [0.15, 0.2) is 6.10 Å². The SMILES string of the molecule is C[C@]1(c2cc(N)ccc2F)N=C(N)O[C@H]2[C@@H]1OCC2(F)F. The minimum absolute atomic E-state index is 0.0430. The number of hydrogen-bond donors (Lipinski definition) is 2. The van der Waals surface area contributed by atoms with Gasteiger partial charge in [-0.15, -0.1) is 0 Å². The average Bonchev–Trinajstić information content (AvgIpc) is 2.69. The molecule has 0 saturated carbocycles. The molecule has 3 rings (SSSR count). The topological polar surface area (TPSA) is 82.9 Å². The number of benzene rings is 1. The highest BCUT2D eigenvalue weighted by Crippen LogP contribution is 2.46. The lowest BCUT2D eigenvalue weighted by atomic mass is 9.82. The van der Waals surface area contributed by atoms with Crippen LogP contribution < -0.4 is 11.5 Å². The number of ether oxygens (including phenoxy) is 2. The van der Waals surface area contributed by atoms with E-state index in [4.69, 9.17) is 20.9 Å². The summed E-state index contributed by atoms with van der Waals surface area (Å²) >= 11 is 0. The summed E-state index contributed by atoms with van der Waals surface area (Å²) in [5.41, 5.74) is 10.0. The van der Waals surface area contributed by atoms with E-state index in [1.807, 2.05) is 0 Å². The molecule has 0 radical (unpaired) electrons. The van der Waals surface area contributed by atoms with Gasteiger partial charge in [-0.05, 0) is 25.1 Å². The van der Waals surface area contributed by atoms with E-state index in [1.54, 1.807) is 0 Å². The average molecular weight is 301 g/mol. The van der Waals surface area contributed by atoms with Crippen molar-refractivity contribution in [1.29, 1.82) is 0 Å². The predicted octanol–water partition coefficient (Wildman–Crippen LogP) is 1.37. The lowest BCUT2D eigenvalue weighted by molar-refractivity contribution is -0.0876. The Morgan fingerprint density at radius 1 is 1.29 bits per heavy atom. The molecule has 0 bridgehead atoms. The molecule has 0 amide bonds. The molecular formula is C13H14F3N3O2. The molecule has 0 spiro atoms. The molecule has 3 atom stereocenters. The number of alkyl halides is 2. The second-order valence-electron chi connectivity index (χ2n) is 5.37. The van der Waals surface area contributed by atoms with E-state index in [0.29, 0.717) is 0 Å². The largest absolute Gasteiger partial charge is 0.453 e. The molecule has 5 nitrogen and oxygen atoms in total. The summed E-state index contributed by atoms with van der Waals surface area (Å²) in [5, 5.41) is 0. The van der Waals surface area contributed by atoms with Crippen LogP contribution in [0, 0.1) is 5.82 Å². The molecule has 2 aliphatic rings. The van der Waals surface area contributed by atoms with Gasteiger partial charge in [-0.3, -0.25) is 0 Å². The zero-order chi connectivity index (χ0) is 15.4. The molecule has 1 aromatic rings. The molecule has 2 aliphatic heterocycles. The molecule has 0 aliphatic carbocycles. The third-order valence-electron chi connectivity index (χ3n) is 3.83.